The van der Waals surface area contributed by atoms with Crippen molar-refractivity contribution in [2.75, 3.05) is 0 Å². The number of aromatic amines is 1. The lowest BCUT2D eigenvalue weighted by molar-refractivity contribution is 1.08. The summed E-state index contributed by atoms with van der Waals surface area (Å²) in [5.74, 6) is 0. The maximum atomic E-state index is 3.76. The maximum Gasteiger partial charge on any atom is 0.0577 e. The largest absolute Gasteiger partial charge is 0.278 e. The monoisotopic (exact) mass is 120 g/mol. The number of nitrogens with one attached hydrogen (secondary N) is 1. The summed E-state index contributed by atoms with van der Waals surface area (Å²) in [7, 11) is 0. The van der Waals surface area contributed by atoms with Crippen LogP contribution in [-0.2, 0) is 0 Å². The van der Waals surface area contributed by atoms with Crippen molar-refractivity contribution in [1.82, 2.24) is 10.2 Å². The molecule has 2 nitrogen and oxygen atoms in total. The zero-order valence-corrected chi connectivity index (χ0v) is 5.04. The highest BCUT2D eigenvalue weighted by Crippen LogP contribution is 1.93. The second-order valence-electron chi connectivity index (χ2n) is 1.61. The smallest absolute Gasteiger partial charge is 0.0577 e. The SMILES string of the molecule is C=C/C=C/c1ccn[nH]1. The van der Waals surface area contributed by atoms with Crippen LogP contribution in [0.15, 0.2) is 31.0 Å². The molecule has 0 fully saturated rings. The second-order valence-corrected chi connectivity index (χ2v) is 1.61. The molecule has 0 spiro atoms. The molecule has 1 heterocycles. The van der Waals surface area contributed by atoms with Crippen LogP contribution in [-0.4, -0.2) is 10.2 Å². The average molecular weight is 120 g/mol. The predicted octanol–water partition coefficient (Wildman–Crippen LogP) is 1.61. The molecular formula is C7H8N2. The van der Waals surface area contributed by atoms with E-state index in [4.69, 9.17) is 0 Å². The first kappa shape index (κ1) is 5.82. The maximum absolute atomic E-state index is 3.76. The van der Waals surface area contributed by atoms with Gasteiger partial charge in [0.25, 0.3) is 0 Å². The Hall–Kier alpha value is -1.31. The Balaban J connectivity index is 2.67. The van der Waals surface area contributed by atoms with E-state index < -0.39 is 0 Å². The molecule has 0 saturated heterocycles. The van der Waals surface area contributed by atoms with Gasteiger partial charge in [0.1, 0.15) is 0 Å². The molecule has 1 aromatic heterocycles. The molecule has 0 radical (unpaired) electrons. The number of nitrogens with zero attached hydrogens (tertiary/aromatic N) is 1. The Bertz CT molecular complexity index is 197. The lowest BCUT2D eigenvalue weighted by Crippen LogP contribution is -1.68. The zero-order chi connectivity index (χ0) is 6.53. The lowest BCUT2D eigenvalue weighted by Gasteiger charge is -1.77. The van der Waals surface area contributed by atoms with Crippen molar-refractivity contribution in [2.45, 2.75) is 0 Å². The van der Waals surface area contributed by atoms with Gasteiger partial charge in [-0.2, -0.15) is 5.10 Å². The van der Waals surface area contributed by atoms with Crippen molar-refractivity contribution in [2.24, 2.45) is 0 Å². The summed E-state index contributed by atoms with van der Waals surface area (Å²) in [5, 5.41) is 6.55. The second kappa shape index (κ2) is 2.87. The summed E-state index contributed by atoms with van der Waals surface area (Å²) >= 11 is 0. The van der Waals surface area contributed by atoms with Gasteiger partial charge in [-0.1, -0.05) is 18.7 Å². The molecule has 0 bridgehead atoms. The van der Waals surface area contributed by atoms with Crippen molar-refractivity contribution in [3.8, 4) is 0 Å². The molecule has 0 amide bonds. The highest BCUT2D eigenvalue weighted by Gasteiger charge is 1.80. The van der Waals surface area contributed by atoms with Crippen LogP contribution in [0.5, 0.6) is 0 Å². The van der Waals surface area contributed by atoms with E-state index in [1.165, 1.54) is 0 Å². The quantitative estimate of drug-likeness (QED) is 0.590. The van der Waals surface area contributed by atoms with E-state index in [-0.39, 0.29) is 0 Å². The van der Waals surface area contributed by atoms with Crippen LogP contribution in [0.3, 0.4) is 0 Å². The van der Waals surface area contributed by atoms with E-state index >= 15 is 0 Å². The van der Waals surface area contributed by atoms with E-state index in [2.05, 4.69) is 16.8 Å². The van der Waals surface area contributed by atoms with Gasteiger partial charge < -0.3 is 0 Å². The van der Waals surface area contributed by atoms with Crippen LogP contribution in [0.25, 0.3) is 6.08 Å². The van der Waals surface area contributed by atoms with Gasteiger partial charge in [0.05, 0.1) is 5.69 Å². The summed E-state index contributed by atoms with van der Waals surface area (Å²) in [6.45, 7) is 3.54. The molecule has 0 unspecified atom stereocenters. The molecule has 0 aliphatic carbocycles. The molecule has 1 rings (SSSR count). The Morgan fingerprint density at radius 3 is 3.11 bits per heavy atom. The van der Waals surface area contributed by atoms with Gasteiger partial charge in [-0.25, -0.2) is 0 Å². The summed E-state index contributed by atoms with van der Waals surface area (Å²) in [4.78, 5) is 0. The predicted molar refractivity (Wildman–Crippen MR) is 37.8 cm³/mol. The molecule has 0 saturated carbocycles. The Labute approximate surface area is 53.9 Å². The minimum absolute atomic E-state index is 0.995. The summed E-state index contributed by atoms with van der Waals surface area (Å²) in [6, 6.07) is 1.89. The number of hydrogen-bond donors (Lipinski definition) is 1. The van der Waals surface area contributed by atoms with Crippen LogP contribution in [0.4, 0.5) is 0 Å². The number of allylic oxidation sites excluding steroid dienone is 2. The fourth-order valence-electron chi connectivity index (χ4n) is 0.531. The summed E-state index contributed by atoms with van der Waals surface area (Å²) < 4.78 is 0. The van der Waals surface area contributed by atoms with E-state index in [1.54, 1.807) is 12.3 Å². The van der Waals surface area contributed by atoms with Gasteiger partial charge >= 0.3 is 0 Å². The standard InChI is InChI=1S/C7H8N2/c1-2-3-4-7-5-6-8-9-7/h2-6H,1H2,(H,8,9)/b4-3+. The molecular weight excluding hydrogens is 112 g/mol. The van der Waals surface area contributed by atoms with Crippen molar-refractivity contribution in [3.05, 3.63) is 36.7 Å². The Morgan fingerprint density at radius 1 is 1.67 bits per heavy atom. The molecule has 0 aliphatic heterocycles. The van der Waals surface area contributed by atoms with Crippen molar-refractivity contribution in [1.29, 1.82) is 0 Å². The van der Waals surface area contributed by atoms with Gasteiger partial charge in [-0.05, 0) is 12.1 Å². The number of hydrogen-bond acceptors (Lipinski definition) is 1. The molecule has 1 aromatic rings. The topological polar surface area (TPSA) is 28.7 Å². The number of H-pyrrole nitrogens is 1. The first-order valence-corrected chi connectivity index (χ1v) is 2.72. The first-order chi connectivity index (χ1) is 4.43. The lowest BCUT2D eigenvalue weighted by atomic mass is 10.4. The zero-order valence-electron chi connectivity index (χ0n) is 5.04. The van der Waals surface area contributed by atoms with Crippen molar-refractivity contribution in [3.63, 3.8) is 0 Å². The molecule has 0 aromatic carbocycles. The first-order valence-electron chi connectivity index (χ1n) is 2.72. The van der Waals surface area contributed by atoms with Crippen LogP contribution in [0.1, 0.15) is 5.69 Å². The van der Waals surface area contributed by atoms with E-state index in [9.17, 15) is 0 Å². The van der Waals surface area contributed by atoms with Gasteiger partial charge in [-0.3, -0.25) is 5.10 Å². The van der Waals surface area contributed by atoms with Crippen LogP contribution in [0.2, 0.25) is 0 Å². The van der Waals surface area contributed by atoms with Crippen LogP contribution >= 0.6 is 0 Å². The highest BCUT2D eigenvalue weighted by molar-refractivity contribution is 5.45. The Kier molecular flexibility index (Phi) is 1.85. The fourth-order valence-corrected chi connectivity index (χ4v) is 0.531. The third kappa shape index (κ3) is 1.57. The summed E-state index contributed by atoms with van der Waals surface area (Å²) in [6.07, 6.45) is 7.19. The average Bonchev–Trinajstić information content (AvgIpc) is 2.34. The number of aromatic nitrogens is 2. The third-order valence-electron chi connectivity index (χ3n) is 0.934. The number of rotatable bonds is 2. The van der Waals surface area contributed by atoms with Gasteiger partial charge in [0.2, 0.25) is 0 Å². The van der Waals surface area contributed by atoms with E-state index in [0.717, 1.165) is 5.69 Å². The van der Waals surface area contributed by atoms with Crippen LogP contribution < -0.4 is 0 Å². The van der Waals surface area contributed by atoms with E-state index in [0.29, 0.717) is 0 Å². The molecule has 9 heavy (non-hydrogen) atoms. The minimum Gasteiger partial charge on any atom is -0.278 e. The van der Waals surface area contributed by atoms with Gasteiger partial charge in [-0.15, -0.1) is 0 Å². The molecule has 2 heteroatoms. The third-order valence-corrected chi connectivity index (χ3v) is 0.934. The molecule has 0 atom stereocenters. The van der Waals surface area contributed by atoms with Crippen LogP contribution in [0, 0.1) is 0 Å². The van der Waals surface area contributed by atoms with Crippen molar-refractivity contribution < 1.29 is 0 Å². The van der Waals surface area contributed by atoms with Crippen molar-refractivity contribution >= 4 is 6.08 Å². The Morgan fingerprint density at radius 2 is 2.56 bits per heavy atom. The normalized spacial score (nSPS) is 10.2. The molecule has 0 aliphatic rings. The van der Waals surface area contributed by atoms with E-state index in [1.807, 2.05) is 18.2 Å². The fraction of sp³-hybridized carbons (Fsp3) is 0. The molecule has 1 N–H and O–H groups in total. The van der Waals surface area contributed by atoms with Gasteiger partial charge in [0.15, 0.2) is 0 Å². The highest BCUT2D eigenvalue weighted by atomic mass is 15.1. The molecule has 46 valence electrons. The van der Waals surface area contributed by atoms with Gasteiger partial charge in [0, 0.05) is 6.20 Å². The minimum atomic E-state index is 0.995. The summed E-state index contributed by atoms with van der Waals surface area (Å²) in [5.41, 5.74) is 0.995.